The van der Waals surface area contributed by atoms with Crippen LogP contribution >= 0.6 is 11.6 Å². The van der Waals surface area contributed by atoms with Crippen LogP contribution in [0.3, 0.4) is 0 Å². The molecule has 1 heterocycles. The quantitative estimate of drug-likeness (QED) is 0.861. The van der Waals surface area contributed by atoms with Crippen LogP contribution in [0.15, 0.2) is 24.3 Å². The third-order valence-electron chi connectivity index (χ3n) is 4.62. The Labute approximate surface area is 140 Å². The lowest BCUT2D eigenvalue weighted by molar-refractivity contribution is -0.140. The van der Waals surface area contributed by atoms with Crippen molar-refractivity contribution in [3.63, 3.8) is 0 Å². The van der Waals surface area contributed by atoms with E-state index in [0.29, 0.717) is 10.7 Å². The molecule has 3 amide bonds. The SMILES string of the molecule is O=C(CCN1C(=O)C2CCCCC2C1=O)Nc1ccc(Cl)cc1. The van der Waals surface area contributed by atoms with Crippen LogP contribution in [0.4, 0.5) is 5.69 Å². The fourth-order valence-corrected chi connectivity index (χ4v) is 3.55. The Hall–Kier alpha value is -1.88. The second-order valence-electron chi connectivity index (χ2n) is 6.13. The number of carbonyl (C=O) groups excluding carboxylic acids is 3. The fraction of sp³-hybridized carbons (Fsp3) is 0.471. The number of carbonyl (C=O) groups is 3. The first-order chi connectivity index (χ1) is 11.1. The molecule has 1 aliphatic heterocycles. The van der Waals surface area contributed by atoms with Crippen LogP contribution < -0.4 is 5.32 Å². The number of fused-ring (bicyclic) bond motifs is 1. The molecule has 1 saturated heterocycles. The smallest absolute Gasteiger partial charge is 0.233 e. The molecule has 122 valence electrons. The van der Waals surface area contributed by atoms with Gasteiger partial charge in [-0.05, 0) is 37.1 Å². The van der Waals surface area contributed by atoms with Gasteiger partial charge in [-0.3, -0.25) is 19.3 Å². The van der Waals surface area contributed by atoms with E-state index in [1.165, 1.54) is 4.90 Å². The maximum Gasteiger partial charge on any atom is 0.233 e. The molecule has 1 aromatic rings. The molecule has 3 rings (SSSR count). The minimum atomic E-state index is -0.220. The van der Waals surface area contributed by atoms with Crippen molar-refractivity contribution < 1.29 is 14.4 Å². The Morgan fingerprint density at radius 1 is 1.09 bits per heavy atom. The standard InChI is InChI=1S/C17H19ClN2O3/c18-11-5-7-12(8-6-11)19-15(21)9-10-20-16(22)13-3-1-2-4-14(13)17(20)23/h5-8,13-14H,1-4,9-10H2,(H,19,21). The molecule has 0 aromatic heterocycles. The summed E-state index contributed by atoms with van der Waals surface area (Å²) in [4.78, 5) is 37.9. The maximum absolute atomic E-state index is 12.3. The molecule has 2 fully saturated rings. The summed E-state index contributed by atoms with van der Waals surface area (Å²) in [5.41, 5.74) is 0.646. The van der Waals surface area contributed by atoms with Crippen LogP contribution in [0.5, 0.6) is 0 Å². The van der Waals surface area contributed by atoms with Gasteiger partial charge in [0.25, 0.3) is 0 Å². The van der Waals surface area contributed by atoms with Gasteiger partial charge in [0.05, 0.1) is 11.8 Å². The number of halogens is 1. The Morgan fingerprint density at radius 3 is 2.22 bits per heavy atom. The number of benzene rings is 1. The maximum atomic E-state index is 12.3. The number of amides is 3. The highest BCUT2D eigenvalue weighted by Crippen LogP contribution is 2.37. The zero-order valence-corrected chi connectivity index (χ0v) is 13.5. The van der Waals surface area contributed by atoms with Crippen molar-refractivity contribution in [2.75, 3.05) is 11.9 Å². The Morgan fingerprint density at radius 2 is 1.65 bits per heavy atom. The summed E-state index contributed by atoms with van der Waals surface area (Å²) in [7, 11) is 0. The van der Waals surface area contributed by atoms with E-state index >= 15 is 0 Å². The molecule has 1 saturated carbocycles. The summed E-state index contributed by atoms with van der Waals surface area (Å²) in [6.45, 7) is 0.157. The molecule has 2 aliphatic rings. The van der Waals surface area contributed by atoms with Crippen molar-refractivity contribution >= 4 is 35.0 Å². The van der Waals surface area contributed by atoms with Gasteiger partial charge in [0, 0.05) is 23.7 Å². The molecule has 2 atom stereocenters. The molecular formula is C17H19ClN2O3. The molecule has 1 N–H and O–H groups in total. The van der Waals surface area contributed by atoms with Crippen molar-refractivity contribution in [1.82, 2.24) is 4.90 Å². The van der Waals surface area contributed by atoms with Gasteiger partial charge in [0.1, 0.15) is 0 Å². The molecule has 0 radical (unpaired) electrons. The predicted octanol–water partition coefficient (Wildman–Crippen LogP) is 2.84. The number of rotatable bonds is 4. The Kier molecular flexibility index (Phi) is 4.66. The molecule has 5 nitrogen and oxygen atoms in total. The van der Waals surface area contributed by atoms with Crippen LogP contribution in [0.25, 0.3) is 0 Å². The number of likely N-dealkylation sites (tertiary alicyclic amines) is 1. The summed E-state index contributed by atoms with van der Waals surface area (Å²) in [6.07, 6.45) is 3.71. The summed E-state index contributed by atoms with van der Waals surface area (Å²) >= 11 is 5.79. The molecule has 1 aromatic carbocycles. The van der Waals surface area contributed by atoms with Crippen LogP contribution in [0.2, 0.25) is 5.02 Å². The summed E-state index contributed by atoms with van der Waals surface area (Å²) in [5, 5.41) is 3.33. The monoisotopic (exact) mass is 334 g/mol. The van der Waals surface area contributed by atoms with E-state index in [-0.39, 0.29) is 42.5 Å². The van der Waals surface area contributed by atoms with Gasteiger partial charge in [-0.15, -0.1) is 0 Å². The molecule has 1 aliphatic carbocycles. The minimum absolute atomic E-state index is 0.0982. The number of imide groups is 1. The normalized spacial score (nSPS) is 23.8. The largest absolute Gasteiger partial charge is 0.326 e. The van der Waals surface area contributed by atoms with Gasteiger partial charge in [0.15, 0.2) is 0 Å². The lowest BCUT2D eigenvalue weighted by atomic mass is 9.81. The first-order valence-electron chi connectivity index (χ1n) is 7.97. The van der Waals surface area contributed by atoms with Gasteiger partial charge in [-0.1, -0.05) is 24.4 Å². The Balaban J connectivity index is 1.55. The first kappa shape index (κ1) is 16.0. The van der Waals surface area contributed by atoms with Crippen molar-refractivity contribution in [2.45, 2.75) is 32.1 Å². The van der Waals surface area contributed by atoms with E-state index in [4.69, 9.17) is 11.6 Å². The van der Waals surface area contributed by atoms with Crippen molar-refractivity contribution in [2.24, 2.45) is 11.8 Å². The molecule has 2 unspecified atom stereocenters. The van der Waals surface area contributed by atoms with Crippen molar-refractivity contribution in [1.29, 1.82) is 0 Å². The highest BCUT2D eigenvalue weighted by Gasteiger charge is 2.47. The van der Waals surface area contributed by atoms with Crippen LogP contribution in [-0.4, -0.2) is 29.2 Å². The lowest BCUT2D eigenvalue weighted by Gasteiger charge is -2.19. The highest BCUT2D eigenvalue weighted by atomic mass is 35.5. The average Bonchev–Trinajstić information content (AvgIpc) is 2.80. The molecule has 0 bridgehead atoms. The average molecular weight is 335 g/mol. The first-order valence-corrected chi connectivity index (χ1v) is 8.34. The molecular weight excluding hydrogens is 316 g/mol. The third-order valence-corrected chi connectivity index (χ3v) is 4.87. The second-order valence-corrected chi connectivity index (χ2v) is 6.57. The van der Waals surface area contributed by atoms with Gasteiger partial charge >= 0.3 is 0 Å². The highest BCUT2D eigenvalue weighted by molar-refractivity contribution is 6.30. The van der Waals surface area contributed by atoms with Crippen LogP contribution in [0.1, 0.15) is 32.1 Å². The van der Waals surface area contributed by atoms with E-state index in [9.17, 15) is 14.4 Å². The summed E-state index contributed by atoms with van der Waals surface area (Å²) < 4.78 is 0. The lowest BCUT2D eigenvalue weighted by Crippen LogP contribution is -2.34. The Bertz CT molecular complexity index is 605. The zero-order valence-electron chi connectivity index (χ0n) is 12.8. The van der Waals surface area contributed by atoms with E-state index in [0.717, 1.165) is 25.7 Å². The van der Waals surface area contributed by atoms with Gasteiger partial charge < -0.3 is 5.32 Å². The molecule has 0 spiro atoms. The van der Waals surface area contributed by atoms with Crippen LogP contribution in [0, 0.1) is 11.8 Å². The number of anilines is 1. The molecule has 6 heteroatoms. The van der Waals surface area contributed by atoms with Gasteiger partial charge in [-0.25, -0.2) is 0 Å². The zero-order chi connectivity index (χ0) is 16.4. The number of nitrogens with one attached hydrogen (secondary N) is 1. The number of hydrogen-bond acceptors (Lipinski definition) is 3. The van der Waals surface area contributed by atoms with Crippen molar-refractivity contribution in [3.05, 3.63) is 29.3 Å². The predicted molar refractivity (Wildman–Crippen MR) is 86.9 cm³/mol. The van der Waals surface area contributed by atoms with E-state index < -0.39 is 0 Å². The van der Waals surface area contributed by atoms with Gasteiger partial charge in [0.2, 0.25) is 17.7 Å². The number of nitrogens with zero attached hydrogens (tertiary/aromatic N) is 1. The third kappa shape index (κ3) is 3.39. The topological polar surface area (TPSA) is 66.5 Å². The van der Waals surface area contributed by atoms with Crippen LogP contribution in [-0.2, 0) is 14.4 Å². The minimum Gasteiger partial charge on any atom is -0.326 e. The second kappa shape index (κ2) is 6.71. The van der Waals surface area contributed by atoms with E-state index in [2.05, 4.69) is 5.32 Å². The fourth-order valence-electron chi connectivity index (χ4n) is 3.42. The van der Waals surface area contributed by atoms with Crippen molar-refractivity contribution in [3.8, 4) is 0 Å². The number of hydrogen-bond donors (Lipinski definition) is 1. The van der Waals surface area contributed by atoms with E-state index in [1.807, 2.05) is 0 Å². The van der Waals surface area contributed by atoms with Gasteiger partial charge in [-0.2, -0.15) is 0 Å². The molecule has 23 heavy (non-hydrogen) atoms. The van der Waals surface area contributed by atoms with E-state index in [1.54, 1.807) is 24.3 Å². The summed E-state index contributed by atoms with van der Waals surface area (Å²) in [6, 6.07) is 6.80. The summed E-state index contributed by atoms with van der Waals surface area (Å²) in [5.74, 6) is -0.730.